The molecule has 0 aromatic heterocycles. The fourth-order valence-electron chi connectivity index (χ4n) is 2.98. The molecule has 4 nitrogen and oxygen atoms in total. The minimum absolute atomic E-state index is 0.358. The summed E-state index contributed by atoms with van der Waals surface area (Å²) >= 11 is 0. The first-order chi connectivity index (χ1) is 9.95. The summed E-state index contributed by atoms with van der Waals surface area (Å²) in [4.78, 5) is 0.358. The molecule has 21 heavy (non-hydrogen) atoms. The van der Waals surface area contributed by atoms with Crippen LogP contribution in [0.1, 0.15) is 43.2 Å². The molecule has 0 unspecified atom stereocenters. The Morgan fingerprint density at radius 3 is 2.43 bits per heavy atom. The summed E-state index contributed by atoms with van der Waals surface area (Å²) in [5.41, 5.74) is 1.63. The molecular formula is C16H25NO3S. The van der Waals surface area contributed by atoms with E-state index in [1.165, 1.54) is 19.3 Å². The number of hydrogen-bond donors (Lipinski definition) is 1. The van der Waals surface area contributed by atoms with Gasteiger partial charge in [0, 0.05) is 6.54 Å². The molecule has 1 aromatic carbocycles. The Balaban J connectivity index is 2.13. The van der Waals surface area contributed by atoms with Gasteiger partial charge in [0.05, 0.1) is 12.0 Å². The molecule has 0 spiro atoms. The summed E-state index contributed by atoms with van der Waals surface area (Å²) in [7, 11) is -1.85. The van der Waals surface area contributed by atoms with E-state index in [0.29, 0.717) is 17.4 Å². The lowest BCUT2D eigenvalue weighted by molar-refractivity contribution is 0.357. The van der Waals surface area contributed by atoms with Gasteiger partial charge in [-0.15, -0.1) is 0 Å². The Bertz CT molecular complexity index is 590. The Morgan fingerprint density at radius 1 is 1.14 bits per heavy atom. The van der Waals surface area contributed by atoms with Crippen molar-refractivity contribution in [3.63, 3.8) is 0 Å². The standard InChI is InChI=1S/C16H25NO3S/c1-12-13(2)16(10-9-15(12)20-3)21(18,19)17-11-14-7-5-4-6-8-14/h9-10,14,17H,4-8,11H2,1-3H3. The van der Waals surface area contributed by atoms with Gasteiger partial charge < -0.3 is 4.74 Å². The molecule has 1 N–H and O–H groups in total. The van der Waals surface area contributed by atoms with Gasteiger partial charge in [0.15, 0.2) is 0 Å². The maximum absolute atomic E-state index is 12.5. The van der Waals surface area contributed by atoms with Crippen LogP contribution in [-0.4, -0.2) is 22.1 Å². The highest BCUT2D eigenvalue weighted by molar-refractivity contribution is 7.89. The normalized spacial score (nSPS) is 16.9. The second-order valence-corrected chi connectivity index (χ2v) is 7.61. The molecule has 0 radical (unpaired) electrons. The highest BCUT2D eigenvalue weighted by Gasteiger charge is 2.21. The molecule has 0 amide bonds. The van der Waals surface area contributed by atoms with Crippen molar-refractivity contribution in [2.75, 3.05) is 13.7 Å². The molecule has 0 atom stereocenters. The Hall–Kier alpha value is -1.07. The molecule has 0 saturated heterocycles. The minimum atomic E-state index is -3.44. The van der Waals surface area contributed by atoms with E-state index < -0.39 is 10.0 Å². The molecule has 2 rings (SSSR count). The molecule has 0 bridgehead atoms. The van der Waals surface area contributed by atoms with Crippen LogP contribution in [0.4, 0.5) is 0 Å². The molecule has 0 aliphatic heterocycles. The molecule has 1 aromatic rings. The highest BCUT2D eigenvalue weighted by atomic mass is 32.2. The average molecular weight is 311 g/mol. The van der Waals surface area contributed by atoms with E-state index in [4.69, 9.17) is 4.74 Å². The van der Waals surface area contributed by atoms with Crippen LogP contribution in [0.3, 0.4) is 0 Å². The van der Waals surface area contributed by atoms with Gasteiger partial charge in [-0.3, -0.25) is 0 Å². The second-order valence-electron chi connectivity index (χ2n) is 5.87. The van der Waals surface area contributed by atoms with Crippen LogP contribution in [0, 0.1) is 19.8 Å². The van der Waals surface area contributed by atoms with Crippen molar-refractivity contribution in [2.45, 2.75) is 50.8 Å². The quantitative estimate of drug-likeness (QED) is 0.908. The van der Waals surface area contributed by atoms with Crippen LogP contribution in [0.25, 0.3) is 0 Å². The number of methoxy groups -OCH3 is 1. The smallest absolute Gasteiger partial charge is 0.240 e. The largest absolute Gasteiger partial charge is 0.496 e. The molecular weight excluding hydrogens is 286 g/mol. The van der Waals surface area contributed by atoms with Crippen molar-refractivity contribution in [2.24, 2.45) is 5.92 Å². The summed E-state index contributed by atoms with van der Waals surface area (Å²) < 4.78 is 33.0. The maximum atomic E-state index is 12.5. The zero-order valence-electron chi connectivity index (χ0n) is 13.1. The van der Waals surface area contributed by atoms with Crippen LogP contribution < -0.4 is 9.46 Å². The van der Waals surface area contributed by atoms with Gasteiger partial charge in [0.2, 0.25) is 10.0 Å². The zero-order valence-corrected chi connectivity index (χ0v) is 13.9. The lowest BCUT2D eigenvalue weighted by Gasteiger charge is -2.22. The van der Waals surface area contributed by atoms with Gasteiger partial charge in [-0.25, -0.2) is 13.1 Å². The highest BCUT2D eigenvalue weighted by Crippen LogP contribution is 2.27. The van der Waals surface area contributed by atoms with E-state index in [9.17, 15) is 8.42 Å². The lowest BCUT2D eigenvalue weighted by atomic mass is 9.90. The van der Waals surface area contributed by atoms with E-state index >= 15 is 0 Å². The van der Waals surface area contributed by atoms with Gasteiger partial charge >= 0.3 is 0 Å². The third kappa shape index (κ3) is 3.77. The Labute approximate surface area is 127 Å². The molecule has 5 heteroatoms. The fraction of sp³-hybridized carbons (Fsp3) is 0.625. The number of hydrogen-bond acceptors (Lipinski definition) is 3. The van der Waals surface area contributed by atoms with Crippen LogP contribution in [0.2, 0.25) is 0 Å². The first-order valence-corrected chi connectivity index (χ1v) is 9.08. The van der Waals surface area contributed by atoms with E-state index in [1.807, 2.05) is 13.8 Å². The van der Waals surface area contributed by atoms with E-state index in [2.05, 4.69) is 4.72 Å². The monoisotopic (exact) mass is 311 g/mol. The number of rotatable bonds is 5. The second kappa shape index (κ2) is 6.79. The third-order valence-corrected chi connectivity index (χ3v) is 6.05. The van der Waals surface area contributed by atoms with Crippen molar-refractivity contribution in [3.05, 3.63) is 23.3 Å². The number of nitrogens with one attached hydrogen (secondary N) is 1. The van der Waals surface area contributed by atoms with Crippen LogP contribution in [-0.2, 0) is 10.0 Å². The minimum Gasteiger partial charge on any atom is -0.496 e. The third-order valence-electron chi connectivity index (χ3n) is 4.48. The van der Waals surface area contributed by atoms with Crippen molar-refractivity contribution >= 4 is 10.0 Å². The van der Waals surface area contributed by atoms with Crippen LogP contribution in [0.15, 0.2) is 17.0 Å². The zero-order chi connectivity index (χ0) is 15.5. The van der Waals surface area contributed by atoms with Crippen LogP contribution in [0.5, 0.6) is 5.75 Å². The molecule has 118 valence electrons. The molecule has 1 fully saturated rings. The summed E-state index contributed by atoms with van der Waals surface area (Å²) in [6.45, 7) is 4.26. The van der Waals surface area contributed by atoms with Gasteiger partial charge in [0.1, 0.15) is 5.75 Å². The van der Waals surface area contributed by atoms with Crippen molar-refractivity contribution < 1.29 is 13.2 Å². The van der Waals surface area contributed by atoms with Crippen LogP contribution >= 0.6 is 0 Å². The SMILES string of the molecule is COc1ccc(S(=O)(=O)NCC2CCCCC2)c(C)c1C. The van der Waals surface area contributed by atoms with Gasteiger partial charge in [-0.1, -0.05) is 19.3 Å². The van der Waals surface area contributed by atoms with E-state index in [-0.39, 0.29) is 0 Å². The molecule has 1 aliphatic carbocycles. The molecule has 0 heterocycles. The first-order valence-electron chi connectivity index (χ1n) is 7.59. The Kier molecular flexibility index (Phi) is 5.27. The number of sulfonamides is 1. The summed E-state index contributed by atoms with van der Waals surface area (Å²) in [6.07, 6.45) is 5.96. The molecule has 1 aliphatic rings. The fourth-order valence-corrected chi connectivity index (χ4v) is 4.39. The summed E-state index contributed by atoms with van der Waals surface area (Å²) in [6, 6.07) is 3.35. The topological polar surface area (TPSA) is 55.4 Å². The van der Waals surface area contributed by atoms with E-state index in [0.717, 1.165) is 29.7 Å². The maximum Gasteiger partial charge on any atom is 0.240 e. The predicted octanol–water partition coefficient (Wildman–Crippen LogP) is 3.17. The predicted molar refractivity (Wildman–Crippen MR) is 84.2 cm³/mol. The van der Waals surface area contributed by atoms with Crippen molar-refractivity contribution in [1.29, 1.82) is 0 Å². The molecule has 1 saturated carbocycles. The Morgan fingerprint density at radius 2 is 1.81 bits per heavy atom. The first kappa shape index (κ1) is 16.3. The number of ether oxygens (including phenoxy) is 1. The van der Waals surface area contributed by atoms with Crippen molar-refractivity contribution in [3.8, 4) is 5.75 Å². The van der Waals surface area contributed by atoms with Gasteiger partial charge in [-0.05, 0) is 55.9 Å². The van der Waals surface area contributed by atoms with Crippen molar-refractivity contribution in [1.82, 2.24) is 4.72 Å². The summed E-state index contributed by atoms with van der Waals surface area (Å²) in [5, 5.41) is 0. The lowest BCUT2D eigenvalue weighted by Crippen LogP contribution is -2.30. The summed E-state index contributed by atoms with van der Waals surface area (Å²) in [5.74, 6) is 1.20. The van der Waals surface area contributed by atoms with Gasteiger partial charge in [-0.2, -0.15) is 0 Å². The van der Waals surface area contributed by atoms with E-state index in [1.54, 1.807) is 19.2 Å². The number of benzene rings is 1. The van der Waals surface area contributed by atoms with Gasteiger partial charge in [0.25, 0.3) is 0 Å². The average Bonchev–Trinajstić information content (AvgIpc) is 2.49.